The SMILES string of the molecule is NC(=O)c1ccc(N2CCN(C(=O)C34CC5CC(CC(C5)C3)C4)CC2)cc1. The minimum absolute atomic E-state index is 0.0277. The van der Waals surface area contributed by atoms with Gasteiger partial charge in [0, 0.05) is 37.4 Å². The van der Waals surface area contributed by atoms with Gasteiger partial charge in [-0.3, -0.25) is 9.59 Å². The molecule has 1 heterocycles. The van der Waals surface area contributed by atoms with Crippen LogP contribution in [0.3, 0.4) is 0 Å². The lowest BCUT2D eigenvalue weighted by Crippen LogP contribution is -2.58. The molecule has 1 aromatic carbocycles. The molecule has 1 aromatic rings. The summed E-state index contributed by atoms with van der Waals surface area (Å²) < 4.78 is 0. The maximum absolute atomic E-state index is 13.5. The maximum Gasteiger partial charge on any atom is 0.248 e. The Balaban J connectivity index is 1.24. The lowest BCUT2D eigenvalue weighted by molar-refractivity contribution is -0.158. The summed E-state index contributed by atoms with van der Waals surface area (Å²) in [6, 6.07) is 7.47. The van der Waals surface area contributed by atoms with E-state index in [1.165, 1.54) is 19.3 Å². The van der Waals surface area contributed by atoms with E-state index >= 15 is 0 Å². The van der Waals surface area contributed by atoms with Crippen molar-refractivity contribution in [2.75, 3.05) is 31.1 Å². The lowest BCUT2D eigenvalue weighted by Gasteiger charge is -2.57. The van der Waals surface area contributed by atoms with Gasteiger partial charge < -0.3 is 15.5 Å². The molecule has 2 amide bonds. The van der Waals surface area contributed by atoms with Crippen LogP contribution in [0.1, 0.15) is 48.9 Å². The van der Waals surface area contributed by atoms with Gasteiger partial charge in [-0.15, -0.1) is 0 Å². The molecule has 0 aromatic heterocycles. The van der Waals surface area contributed by atoms with E-state index in [1.807, 2.05) is 12.1 Å². The first-order valence-corrected chi connectivity index (χ1v) is 10.5. The Bertz CT molecular complexity index is 714. The molecule has 0 atom stereocenters. The molecule has 5 fully saturated rings. The van der Waals surface area contributed by atoms with E-state index < -0.39 is 5.91 Å². The number of hydrogen-bond acceptors (Lipinski definition) is 3. The van der Waals surface area contributed by atoms with Crippen molar-refractivity contribution in [2.24, 2.45) is 28.9 Å². The topological polar surface area (TPSA) is 66.6 Å². The van der Waals surface area contributed by atoms with E-state index in [-0.39, 0.29) is 5.41 Å². The van der Waals surface area contributed by atoms with Crippen molar-refractivity contribution in [2.45, 2.75) is 38.5 Å². The van der Waals surface area contributed by atoms with Crippen LogP contribution in [-0.4, -0.2) is 42.9 Å². The molecule has 6 rings (SSSR count). The van der Waals surface area contributed by atoms with E-state index in [4.69, 9.17) is 5.73 Å². The minimum atomic E-state index is -0.396. The number of nitrogens with zero attached hydrogens (tertiary/aromatic N) is 2. The fraction of sp³-hybridized carbons (Fsp3) is 0.636. The van der Waals surface area contributed by atoms with Crippen LogP contribution in [0.5, 0.6) is 0 Å². The Morgan fingerprint density at radius 1 is 0.852 bits per heavy atom. The highest BCUT2D eigenvalue weighted by Crippen LogP contribution is 2.60. The monoisotopic (exact) mass is 367 g/mol. The minimum Gasteiger partial charge on any atom is -0.368 e. The summed E-state index contributed by atoms with van der Waals surface area (Å²) in [4.78, 5) is 29.1. The summed E-state index contributed by atoms with van der Waals surface area (Å²) in [6.07, 6.45) is 7.57. The number of nitrogens with two attached hydrogens (primary N) is 1. The Labute approximate surface area is 160 Å². The van der Waals surface area contributed by atoms with Crippen molar-refractivity contribution in [1.29, 1.82) is 0 Å². The van der Waals surface area contributed by atoms with Crippen LogP contribution in [0, 0.1) is 23.2 Å². The molecule has 144 valence electrons. The smallest absolute Gasteiger partial charge is 0.248 e. The summed E-state index contributed by atoms with van der Waals surface area (Å²) in [6.45, 7) is 3.32. The third-order valence-corrected chi connectivity index (χ3v) is 7.58. The second-order valence-electron chi connectivity index (χ2n) is 9.39. The Morgan fingerprint density at radius 3 is 1.85 bits per heavy atom. The quantitative estimate of drug-likeness (QED) is 0.893. The summed E-state index contributed by atoms with van der Waals surface area (Å²) in [5.74, 6) is 2.48. The zero-order valence-electron chi connectivity index (χ0n) is 15.9. The summed E-state index contributed by atoms with van der Waals surface area (Å²) in [5.41, 5.74) is 6.93. The van der Waals surface area contributed by atoms with Gasteiger partial charge in [-0.05, 0) is 80.5 Å². The Hall–Kier alpha value is -2.04. The van der Waals surface area contributed by atoms with Crippen molar-refractivity contribution in [3.05, 3.63) is 29.8 Å². The molecule has 5 nitrogen and oxygen atoms in total. The van der Waals surface area contributed by atoms with Gasteiger partial charge >= 0.3 is 0 Å². The highest BCUT2D eigenvalue weighted by atomic mass is 16.2. The normalized spacial score (nSPS) is 34.7. The van der Waals surface area contributed by atoms with E-state index in [0.29, 0.717) is 11.5 Å². The third kappa shape index (κ3) is 2.91. The molecule has 4 aliphatic carbocycles. The molecule has 0 spiro atoms. The first-order chi connectivity index (χ1) is 13.0. The largest absolute Gasteiger partial charge is 0.368 e. The van der Waals surface area contributed by atoms with E-state index in [2.05, 4.69) is 9.80 Å². The third-order valence-electron chi connectivity index (χ3n) is 7.58. The predicted octanol–water partition coefficient (Wildman–Crippen LogP) is 2.65. The Morgan fingerprint density at radius 2 is 1.37 bits per heavy atom. The second kappa shape index (κ2) is 6.25. The lowest BCUT2D eigenvalue weighted by atomic mass is 9.49. The van der Waals surface area contributed by atoms with Gasteiger partial charge in [0.2, 0.25) is 11.8 Å². The molecular formula is C22H29N3O2. The molecule has 1 aliphatic heterocycles. The number of rotatable bonds is 3. The predicted molar refractivity (Wildman–Crippen MR) is 104 cm³/mol. The van der Waals surface area contributed by atoms with Gasteiger partial charge in [0.05, 0.1) is 5.41 Å². The number of anilines is 1. The first-order valence-electron chi connectivity index (χ1n) is 10.5. The number of piperazine rings is 1. The van der Waals surface area contributed by atoms with Crippen molar-refractivity contribution in [1.82, 2.24) is 4.90 Å². The zero-order chi connectivity index (χ0) is 18.6. The van der Waals surface area contributed by atoms with Crippen LogP contribution in [-0.2, 0) is 4.79 Å². The molecule has 1 saturated heterocycles. The van der Waals surface area contributed by atoms with E-state index in [9.17, 15) is 9.59 Å². The molecule has 0 radical (unpaired) electrons. The van der Waals surface area contributed by atoms with Gasteiger partial charge in [-0.25, -0.2) is 0 Å². The molecule has 5 aliphatic rings. The average molecular weight is 367 g/mol. The first kappa shape index (κ1) is 17.1. The maximum atomic E-state index is 13.5. The number of hydrogen-bond donors (Lipinski definition) is 1. The average Bonchev–Trinajstić information content (AvgIpc) is 2.66. The number of primary amides is 1. The summed E-state index contributed by atoms with van der Waals surface area (Å²) >= 11 is 0. The van der Waals surface area contributed by atoms with Crippen molar-refractivity contribution >= 4 is 17.5 Å². The fourth-order valence-corrected chi connectivity index (χ4v) is 6.71. The number of benzene rings is 1. The van der Waals surface area contributed by atoms with Crippen LogP contribution in [0.4, 0.5) is 5.69 Å². The van der Waals surface area contributed by atoms with Gasteiger partial charge in [-0.2, -0.15) is 0 Å². The van der Waals surface area contributed by atoms with Crippen molar-refractivity contribution in [3.63, 3.8) is 0 Å². The molecule has 5 heteroatoms. The fourth-order valence-electron chi connectivity index (χ4n) is 6.71. The van der Waals surface area contributed by atoms with E-state index in [0.717, 1.165) is 68.9 Å². The highest BCUT2D eigenvalue weighted by molar-refractivity contribution is 5.93. The molecule has 0 unspecified atom stereocenters. The number of carbonyl (C=O) groups is 2. The standard InChI is InChI=1S/C22H29N3O2/c23-20(26)18-1-3-19(4-2-18)24-5-7-25(8-6-24)21(27)22-12-15-9-16(13-22)11-17(10-15)14-22/h1-4,15-17H,5-14H2,(H2,23,26). The van der Waals surface area contributed by atoms with Gasteiger partial charge in [0.25, 0.3) is 0 Å². The Kier molecular flexibility index (Phi) is 3.95. The van der Waals surface area contributed by atoms with Crippen LogP contribution < -0.4 is 10.6 Å². The number of carbonyl (C=O) groups excluding carboxylic acids is 2. The van der Waals surface area contributed by atoms with Crippen LogP contribution in [0.25, 0.3) is 0 Å². The van der Waals surface area contributed by atoms with Gasteiger partial charge in [-0.1, -0.05) is 0 Å². The van der Waals surface area contributed by atoms with Gasteiger partial charge in [0.15, 0.2) is 0 Å². The highest BCUT2D eigenvalue weighted by Gasteiger charge is 2.55. The summed E-state index contributed by atoms with van der Waals surface area (Å²) in [5, 5.41) is 0. The van der Waals surface area contributed by atoms with Crippen LogP contribution in [0.15, 0.2) is 24.3 Å². The molecular weight excluding hydrogens is 338 g/mol. The molecule has 4 bridgehead atoms. The van der Waals surface area contributed by atoms with Crippen molar-refractivity contribution < 1.29 is 9.59 Å². The van der Waals surface area contributed by atoms with Gasteiger partial charge in [0.1, 0.15) is 0 Å². The van der Waals surface area contributed by atoms with Crippen LogP contribution >= 0.6 is 0 Å². The number of amides is 2. The zero-order valence-corrected chi connectivity index (χ0v) is 15.9. The van der Waals surface area contributed by atoms with E-state index in [1.54, 1.807) is 12.1 Å². The molecule has 2 N–H and O–H groups in total. The molecule has 4 saturated carbocycles. The molecule has 27 heavy (non-hydrogen) atoms. The van der Waals surface area contributed by atoms with Crippen molar-refractivity contribution in [3.8, 4) is 0 Å². The second-order valence-corrected chi connectivity index (χ2v) is 9.39. The van der Waals surface area contributed by atoms with Crippen LogP contribution in [0.2, 0.25) is 0 Å². The summed E-state index contributed by atoms with van der Waals surface area (Å²) in [7, 11) is 0.